The van der Waals surface area contributed by atoms with E-state index < -0.39 is 5.60 Å². The van der Waals surface area contributed by atoms with Crippen LogP contribution in [0.15, 0.2) is 24.3 Å². The van der Waals surface area contributed by atoms with Crippen molar-refractivity contribution in [1.29, 1.82) is 0 Å². The molecule has 0 saturated carbocycles. The van der Waals surface area contributed by atoms with E-state index in [0.29, 0.717) is 6.04 Å². The molecule has 4 nitrogen and oxygen atoms in total. The Hall–Kier alpha value is -1.55. The van der Waals surface area contributed by atoms with Gasteiger partial charge in [-0.15, -0.1) is 0 Å². The van der Waals surface area contributed by atoms with Gasteiger partial charge in [0.05, 0.1) is 5.54 Å². The minimum absolute atomic E-state index is 0.348. The molecule has 0 fully saturated rings. The topological polar surface area (TPSA) is 50.4 Å². The van der Waals surface area contributed by atoms with Crippen LogP contribution in [0, 0.1) is 0 Å². The molecule has 128 valence electrons. The lowest BCUT2D eigenvalue weighted by Gasteiger charge is -2.32. The first-order chi connectivity index (χ1) is 10.6. The fraction of sp³-hybridized carbons (Fsp3) is 0.632. The van der Waals surface area contributed by atoms with Gasteiger partial charge in [0.15, 0.2) is 0 Å². The largest absolute Gasteiger partial charge is 0.444 e. The first-order valence-corrected chi connectivity index (χ1v) is 8.46. The lowest BCUT2D eigenvalue weighted by molar-refractivity contribution is 0.0470. The number of rotatable bonds is 4. The Kier molecular flexibility index (Phi) is 5.35. The molecule has 1 aromatic carbocycles. The zero-order chi connectivity index (χ0) is 17.1. The molecule has 0 saturated heterocycles. The van der Waals surface area contributed by atoms with Crippen molar-refractivity contribution in [2.45, 2.75) is 71.1 Å². The normalized spacial score (nSPS) is 18.2. The highest BCUT2D eigenvalue weighted by Crippen LogP contribution is 2.21. The maximum atomic E-state index is 11.9. The third-order valence-electron chi connectivity index (χ3n) is 4.02. The quantitative estimate of drug-likeness (QED) is 0.894. The van der Waals surface area contributed by atoms with Crippen molar-refractivity contribution in [1.82, 2.24) is 10.6 Å². The van der Waals surface area contributed by atoms with Gasteiger partial charge in [-0.1, -0.05) is 24.3 Å². The first kappa shape index (κ1) is 17.8. The molecular weight excluding hydrogens is 288 g/mol. The van der Waals surface area contributed by atoms with E-state index in [9.17, 15) is 4.79 Å². The highest BCUT2D eigenvalue weighted by molar-refractivity contribution is 5.68. The van der Waals surface area contributed by atoms with Gasteiger partial charge < -0.3 is 15.4 Å². The van der Waals surface area contributed by atoms with Gasteiger partial charge >= 0.3 is 6.09 Å². The SMILES string of the molecule is CC(C)(CNC1CCc2ccccc2C1)NC(=O)OC(C)(C)C. The summed E-state index contributed by atoms with van der Waals surface area (Å²) in [7, 11) is 0. The zero-order valence-electron chi connectivity index (χ0n) is 15.0. The van der Waals surface area contributed by atoms with Crippen molar-refractivity contribution in [2.75, 3.05) is 6.54 Å². The average molecular weight is 318 g/mol. The van der Waals surface area contributed by atoms with Gasteiger partial charge in [-0.2, -0.15) is 0 Å². The van der Waals surface area contributed by atoms with Crippen molar-refractivity contribution in [3.8, 4) is 0 Å². The molecule has 1 aliphatic carbocycles. The Morgan fingerprint density at radius 3 is 2.48 bits per heavy atom. The van der Waals surface area contributed by atoms with Crippen molar-refractivity contribution in [3.63, 3.8) is 0 Å². The molecule has 1 unspecified atom stereocenters. The van der Waals surface area contributed by atoms with Crippen LogP contribution >= 0.6 is 0 Å². The number of nitrogens with one attached hydrogen (secondary N) is 2. The molecule has 0 aliphatic heterocycles. The highest BCUT2D eigenvalue weighted by Gasteiger charge is 2.26. The molecule has 2 N–H and O–H groups in total. The van der Waals surface area contributed by atoms with Crippen LogP contribution in [0.4, 0.5) is 4.79 Å². The van der Waals surface area contributed by atoms with E-state index in [2.05, 4.69) is 34.9 Å². The summed E-state index contributed by atoms with van der Waals surface area (Å²) in [6.07, 6.45) is 2.95. The van der Waals surface area contributed by atoms with Crippen molar-refractivity contribution < 1.29 is 9.53 Å². The number of benzene rings is 1. The van der Waals surface area contributed by atoms with Gasteiger partial charge in [-0.3, -0.25) is 0 Å². The molecule has 0 aromatic heterocycles. The predicted octanol–water partition coefficient (Wildman–Crippen LogP) is 3.44. The number of alkyl carbamates (subject to hydrolysis) is 1. The number of fused-ring (bicyclic) bond motifs is 1. The molecule has 23 heavy (non-hydrogen) atoms. The average Bonchev–Trinajstić information content (AvgIpc) is 2.42. The molecule has 0 bridgehead atoms. The van der Waals surface area contributed by atoms with Crippen molar-refractivity contribution in [2.24, 2.45) is 0 Å². The Bertz CT molecular complexity index is 547. The highest BCUT2D eigenvalue weighted by atomic mass is 16.6. The maximum absolute atomic E-state index is 11.9. The predicted molar refractivity (Wildman–Crippen MR) is 93.7 cm³/mol. The summed E-state index contributed by atoms with van der Waals surface area (Å²) in [5.74, 6) is 0. The first-order valence-electron chi connectivity index (χ1n) is 8.46. The number of hydrogen-bond acceptors (Lipinski definition) is 3. The lowest BCUT2D eigenvalue weighted by Crippen LogP contribution is -2.53. The molecule has 1 aromatic rings. The van der Waals surface area contributed by atoms with E-state index in [1.165, 1.54) is 11.1 Å². The third-order valence-corrected chi connectivity index (χ3v) is 4.02. The summed E-state index contributed by atoms with van der Waals surface area (Å²) in [5.41, 5.74) is 2.09. The number of amides is 1. The number of aryl methyl sites for hydroxylation is 1. The molecule has 0 spiro atoms. The third kappa shape index (κ3) is 5.87. The zero-order valence-corrected chi connectivity index (χ0v) is 15.0. The number of carbonyl (C=O) groups excluding carboxylic acids is 1. The summed E-state index contributed by atoms with van der Waals surface area (Å²) in [4.78, 5) is 11.9. The second-order valence-corrected chi connectivity index (χ2v) is 8.10. The van der Waals surface area contributed by atoms with Gasteiger partial charge in [-0.25, -0.2) is 4.79 Å². The van der Waals surface area contributed by atoms with E-state index in [1.807, 2.05) is 34.6 Å². The van der Waals surface area contributed by atoms with E-state index >= 15 is 0 Å². The molecule has 0 heterocycles. The molecule has 2 rings (SSSR count). The standard InChI is InChI=1S/C19H30N2O2/c1-18(2,3)23-17(22)21-19(4,5)13-20-16-11-10-14-8-6-7-9-15(14)12-16/h6-9,16,20H,10-13H2,1-5H3,(H,21,22). The maximum Gasteiger partial charge on any atom is 0.408 e. The Morgan fingerprint density at radius 1 is 1.17 bits per heavy atom. The number of ether oxygens (including phenoxy) is 1. The van der Waals surface area contributed by atoms with Crippen molar-refractivity contribution >= 4 is 6.09 Å². The molecular formula is C19H30N2O2. The monoisotopic (exact) mass is 318 g/mol. The lowest BCUT2D eigenvalue weighted by atomic mass is 9.88. The van der Waals surface area contributed by atoms with E-state index in [0.717, 1.165) is 25.8 Å². The van der Waals surface area contributed by atoms with Crippen LogP contribution in [0.1, 0.15) is 52.2 Å². The van der Waals surface area contributed by atoms with Crippen LogP contribution in [0.3, 0.4) is 0 Å². The molecule has 1 atom stereocenters. The molecule has 4 heteroatoms. The van der Waals surface area contributed by atoms with Crippen LogP contribution in [-0.4, -0.2) is 29.8 Å². The number of carbonyl (C=O) groups is 1. The van der Waals surface area contributed by atoms with Crippen LogP contribution in [-0.2, 0) is 17.6 Å². The Morgan fingerprint density at radius 2 is 1.83 bits per heavy atom. The Balaban J connectivity index is 1.82. The summed E-state index contributed by atoms with van der Waals surface area (Å²) in [5, 5.41) is 6.55. The molecule has 1 amide bonds. The second kappa shape index (κ2) is 6.91. The van der Waals surface area contributed by atoms with Crippen molar-refractivity contribution in [3.05, 3.63) is 35.4 Å². The summed E-state index contributed by atoms with van der Waals surface area (Å²) in [6, 6.07) is 9.12. The van der Waals surface area contributed by atoms with Crippen LogP contribution in [0.5, 0.6) is 0 Å². The van der Waals surface area contributed by atoms with Crippen LogP contribution < -0.4 is 10.6 Å². The summed E-state index contributed by atoms with van der Waals surface area (Å²) in [6.45, 7) is 10.4. The van der Waals surface area contributed by atoms with Gasteiger partial charge in [0.1, 0.15) is 5.60 Å². The van der Waals surface area contributed by atoms with Gasteiger partial charge in [0.25, 0.3) is 0 Å². The van der Waals surface area contributed by atoms with E-state index in [1.54, 1.807) is 0 Å². The van der Waals surface area contributed by atoms with Gasteiger partial charge in [-0.05, 0) is 65.0 Å². The minimum Gasteiger partial charge on any atom is -0.444 e. The van der Waals surface area contributed by atoms with Crippen LogP contribution in [0.2, 0.25) is 0 Å². The number of hydrogen-bond donors (Lipinski definition) is 2. The fourth-order valence-electron chi connectivity index (χ4n) is 2.90. The smallest absolute Gasteiger partial charge is 0.408 e. The summed E-state index contributed by atoms with van der Waals surface area (Å²) < 4.78 is 5.33. The Labute approximate surface area is 140 Å². The van der Waals surface area contributed by atoms with E-state index in [4.69, 9.17) is 4.74 Å². The van der Waals surface area contributed by atoms with Crippen LogP contribution in [0.25, 0.3) is 0 Å². The molecule has 0 radical (unpaired) electrons. The fourth-order valence-corrected chi connectivity index (χ4v) is 2.90. The minimum atomic E-state index is -0.472. The van der Waals surface area contributed by atoms with Gasteiger partial charge in [0.2, 0.25) is 0 Å². The van der Waals surface area contributed by atoms with Gasteiger partial charge in [0, 0.05) is 12.6 Å². The van der Waals surface area contributed by atoms with E-state index in [-0.39, 0.29) is 11.6 Å². The second-order valence-electron chi connectivity index (χ2n) is 8.10. The molecule has 1 aliphatic rings. The summed E-state index contributed by atoms with van der Waals surface area (Å²) >= 11 is 0.